The van der Waals surface area contributed by atoms with E-state index < -0.39 is 0 Å². The summed E-state index contributed by atoms with van der Waals surface area (Å²) in [4.78, 5) is 11.2. The van der Waals surface area contributed by atoms with Crippen molar-refractivity contribution in [1.82, 2.24) is 20.3 Å². The van der Waals surface area contributed by atoms with Crippen molar-refractivity contribution in [2.75, 3.05) is 18.5 Å². The predicted molar refractivity (Wildman–Crippen MR) is 97.4 cm³/mol. The predicted octanol–water partition coefficient (Wildman–Crippen LogP) is 2.17. The lowest BCUT2D eigenvalue weighted by Crippen LogP contribution is -2.29. The van der Waals surface area contributed by atoms with Crippen LogP contribution in [0.1, 0.15) is 36.8 Å². The Balaban J connectivity index is 1.75. The molecule has 8 nitrogen and oxygen atoms in total. The molecule has 2 aromatic heterocycles. The average Bonchev–Trinajstić information content (AvgIpc) is 3.13. The molecular formula is C16H23N5O3S. The highest BCUT2D eigenvalue weighted by molar-refractivity contribution is 7.80. The number of nitrogens with one attached hydrogen (secondary N) is 2. The summed E-state index contributed by atoms with van der Waals surface area (Å²) in [6, 6.07) is 0. The summed E-state index contributed by atoms with van der Waals surface area (Å²) >= 11 is 5.23. The number of nitrogens with zero attached hydrogens (tertiary/aromatic N) is 3. The van der Waals surface area contributed by atoms with Crippen LogP contribution >= 0.6 is 12.2 Å². The monoisotopic (exact) mass is 365 g/mol. The van der Waals surface area contributed by atoms with Crippen molar-refractivity contribution >= 4 is 29.0 Å². The van der Waals surface area contributed by atoms with Crippen molar-refractivity contribution in [1.29, 1.82) is 0 Å². The van der Waals surface area contributed by atoms with Gasteiger partial charge in [-0.25, -0.2) is 0 Å². The van der Waals surface area contributed by atoms with Gasteiger partial charge in [-0.15, -0.1) is 0 Å². The van der Waals surface area contributed by atoms with E-state index in [1.54, 1.807) is 17.8 Å². The van der Waals surface area contributed by atoms with E-state index in [2.05, 4.69) is 20.9 Å². The standard InChI is InChI=1S/C16H23N5O3S/c1-4-23-15(22)6-5-7-17-16(25)19-13-8-18-21(9-13)10-14-11(2)20-24-12(14)3/h8-9H,4-7,10H2,1-3H3,(H2,17,19,25). The van der Waals surface area contributed by atoms with Gasteiger partial charge in [0.15, 0.2) is 5.11 Å². The van der Waals surface area contributed by atoms with E-state index in [1.165, 1.54) is 0 Å². The Hall–Kier alpha value is -2.42. The first kappa shape index (κ1) is 18.9. The number of hydrogen-bond acceptors (Lipinski definition) is 6. The number of anilines is 1. The van der Waals surface area contributed by atoms with Crippen LogP contribution in [-0.4, -0.2) is 39.2 Å². The maximum Gasteiger partial charge on any atom is 0.305 e. The Kier molecular flexibility index (Phi) is 6.93. The Morgan fingerprint density at radius 1 is 1.44 bits per heavy atom. The van der Waals surface area contributed by atoms with Crippen molar-refractivity contribution in [3.05, 3.63) is 29.4 Å². The summed E-state index contributed by atoms with van der Waals surface area (Å²) in [6.45, 7) is 7.17. The zero-order chi connectivity index (χ0) is 18.2. The molecule has 25 heavy (non-hydrogen) atoms. The lowest BCUT2D eigenvalue weighted by atomic mass is 10.2. The van der Waals surface area contributed by atoms with Crippen molar-refractivity contribution in [2.45, 2.75) is 40.2 Å². The molecule has 0 aromatic carbocycles. The number of hydrogen-bond donors (Lipinski definition) is 2. The van der Waals surface area contributed by atoms with E-state index >= 15 is 0 Å². The molecule has 0 spiro atoms. The molecule has 0 amide bonds. The number of carbonyl (C=O) groups is 1. The van der Waals surface area contributed by atoms with Crippen LogP contribution in [-0.2, 0) is 16.1 Å². The van der Waals surface area contributed by atoms with Gasteiger partial charge in [-0.05, 0) is 39.4 Å². The van der Waals surface area contributed by atoms with Gasteiger partial charge < -0.3 is 19.9 Å². The van der Waals surface area contributed by atoms with Gasteiger partial charge in [-0.3, -0.25) is 9.48 Å². The molecule has 0 unspecified atom stereocenters. The number of aromatic nitrogens is 3. The van der Waals surface area contributed by atoms with E-state index in [4.69, 9.17) is 21.5 Å². The van der Waals surface area contributed by atoms with Gasteiger partial charge in [0, 0.05) is 24.7 Å². The van der Waals surface area contributed by atoms with E-state index in [-0.39, 0.29) is 5.97 Å². The van der Waals surface area contributed by atoms with E-state index in [1.807, 2.05) is 20.0 Å². The van der Waals surface area contributed by atoms with Crippen molar-refractivity contribution in [2.24, 2.45) is 0 Å². The number of thiocarbonyl (C=S) groups is 1. The first-order chi connectivity index (χ1) is 12.0. The zero-order valence-corrected chi connectivity index (χ0v) is 15.5. The Morgan fingerprint density at radius 2 is 2.24 bits per heavy atom. The second-order valence-electron chi connectivity index (χ2n) is 5.52. The molecule has 2 aromatic rings. The van der Waals surface area contributed by atoms with Gasteiger partial charge in [-0.1, -0.05) is 5.16 Å². The van der Waals surface area contributed by atoms with Crippen LogP contribution in [0.25, 0.3) is 0 Å². The number of aryl methyl sites for hydroxylation is 2. The minimum atomic E-state index is -0.191. The Morgan fingerprint density at radius 3 is 2.92 bits per heavy atom. The summed E-state index contributed by atoms with van der Waals surface area (Å²) in [5.41, 5.74) is 2.67. The van der Waals surface area contributed by atoms with Crippen LogP contribution in [0.15, 0.2) is 16.9 Å². The third kappa shape index (κ3) is 5.86. The van der Waals surface area contributed by atoms with Crippen LogP contribution in [0.5, 0.6) is 0 Å². The smallest absolute Gasteiger partial charge is 0.305 e. The summed E-state index contributed by atoms with van der Waals surface area (Å²) < 4.78 is 11.8. The molecule has 2 heterocycles. The number of rotatable bonds is 8. The second kappa shape index (κ2) is 9.16. The third-order valence-corrected chi connectivity index (χ3v) is 3.79. The maximum atomic E-state index is 11.2. The van der Waals surface area contributed by atoms with Gasteiger partial charge in [-0.2, -0.15) is 5.10 Å². The lowest BCUT2D eigenvalue weighted by molar-refractivity contribution is -0.143. The van der Waals surface area contributed by atoms with E-state index in [9.17, 15) is 4.79 Å². The molecule has 0 atom stereocenters. The van der Waals surface area contributed by atoms with Crippen LogP contribution in [0.3, 0.4) is 0 Å². The highest BCUT2D eigenvalue weighted by atomic mass is 32.1. The molecule has 2 N–H and O–H groups in total. The molecule has 0 aliphatic carbocycles. The normalized spacial score (nSPS) is 10.5. The fraction of sp³-hybridized carbons (Fsp3) is 0.500. The fourth-order valence-corrected chi connectivity index (χ4v) is 2.47. The van der Waals surface area contributed by atoms with Crippen molar-refractivity contribution < 1.29 is 14.1 Å². The fourth-order valence-electron chi connectivity index (χ4n) is 2.25. The zero-order valence-electron chi connectivity index (χ0n) is 14.7. The first-order valence-corrected chi connectivity index (χ1v) is 8.55. The van der Waals surface area contributed by atoms with Gasteiger partial charge in [0.2, 0.25) is 0 Å². The van der Waals surface area contributed by atoms with Crippen LogP contribution in [0, 0.1) is 13.8 Å². The quantitative estimate of drug-likeness (QED) is 0.418. The molecule has 0 saturated heterocycles. The average molecular weight is 365 g/mol. The number of esters is 1. The Bertz CT molecular complexity index is 706. The van der Waals surface area contributed by atoms with Crippen molar-refractivity contribution in [3.8, 4) is 0 Å². The summed E-state index contributed by atoms with van der Waals surface area (Å²) in [7, 11) is 0. The first-order valence-electron chi connectivity index (χ1n) is 8.14. The number of carbonyl (C=O) groups excluding carboxylic acids is 1. The maximum absolute atomic E-state index is 11.2. The van der Waals surface area contributed by atoms with Gasteiger partial charge in [0.25, 0.3) is 0 Å². The summed E-state index contributed by atoms with van der Waals surface area (Å²) in [5.74, 6) is 0.602. The molecule has 0 aliphatic heterocycles. The molecule has 0 radical (unpaired) electrons. The van der Waals surface area contributed by atoms with Crippen LogP contribution < -0.4 is 10.6 Å². The van der Waals surface area contributed by atoms with Crippen LogP contribution in [0.4, 0.5) is 5.69 Å². The molecular weight excluding hydrogens is 342 g/mol. The topological polar surface area (TPSA) is 94.2 Å². The summed E-state index contributed by atoms with van der Waals surface area (Å²) in [5, 5.41) is 14.8. The minimum absolute atomic E-state index is 0.191. The molecule has 0 bridgehead atoms. The third-order valence-electron chi connectivity index (χ3n) is 3.54. The number of ether oxygens (including phenoxy) is 1. The SMILES string of the molecule is CCOC(=O)CCCNC(=S)Nc1cnn(Cc2c(C)noc2C)c1. The van der Waals surface area contributed by atoms with Crippen LogP contribution in [0.2, 0.25) is 0 Å². The highest BCUT2D eigenvalue weighted by Crippen LogP contribution is 2.14. The van der Waals surface area contributed by atoms with Crippen molar-refractivity contribution in [3.63, 3.8) is 0 Å². The highest BCUT2D eigenvalue weighted by Gasteiger charge is 2.10. The molecule has 0 saturated carbocycles. The van der Waals surface area contributed by atoms with Gasteiger partial charge in [0.1, 0.15) is 5.76 Å². The van der Waals surface area contributed by atoms with E-state index in [0.29, 0.717) is 37.7 Å². The van der Waals surface area contributed by atoms with Gasteiger partial charge in [0.05, 0.1) is 30.7 Å². The molecule has 9 heteroatoms. The van der Waals surface area contributed by atoms with Gasteiger partial charge >= 0.3 is 5.97 Å². The summed E-state index contributed by atoms with van der Waals surface area (Å²) in [6.07, 6.45) is 4.59. The van der Waals surface area contributed by atoms with E-state index in [0.717, 1.165) is 22.7 Å². The second-order valence-corrected chi connectivity index (χ2v) is 5.93. The molecule has 136 valence electrons. The molecule has 0 fully saturated rings. The largest absolute Gasteiger partial charge is 0.466 e. The minimum Gasteiger partial charge on any atom is -0.466 e. The Labute approximate surface area is 151 Å². The molecule has 0 aliphatic rings. The molecule has 2 rings (SSSR count). The lowest BCUT2D eigenvalue weighted by Gasteiger charge is -2.08.